The van der Waals surface area contributed by atoms with Crippen LogP contribution >= 0.6 is 0 Å². The highest BCUT2D eigenvalue weighted by Crippen LogP contribution is 2.34. The van der Waals surface area contributed by atoms with Crippen molar-refractivity contribution in [2.75, 3.05) is 6.54 Å². The molecule has 3 rings (SSSR count). The van der Waals surface area contributed by atoms with Crippen molar-refractivity contribution in [3.05, 3.63) is 60.2 Å². The van der Waals surface area contributed by atoms with Gasteiger partial charge in [0.05, 0.1) is 12.1 Å². The number of nitrogens with zero attached hydrogens (tertiary/aromatic N) is 1. The topological polar surface area (TPSA) is 77.8 Å². The maximum Gasteiger partial charge on any atom is 0.327 e. The summed E-state index contributed by atoms with van der Waals surface area (Å²) in [5, 5.41) is 21.7. The molecule has 7 heteroatoms. The molecule has 2 aromatic rings. The van der Waals surface area contributed by atoms with Crippen molar-refractivity contribution in [1.82, 2.24) is 4.90 Å². The number of rotatable bonds is 14. The van der Waals surface area contributed by atoms with Crippen LogP contribution in [0, 0.1) is 5.92 Å². The Morgan fingerprint density at radius 3 is 2.58 bits per heavy atom. The molecule has 36 heavy (non-hydrogen) atoms. The maximum atomic E-state index is 14.1. The van der Waals surface area contributed by atoms with E-state index in [-0.39, 0.29) is 18.9 Å². The van der Waals surface area contributed by atoms with Crippen LogP contribution in [0.2, 0.25) is 0 Å². The number of carboxylic acids is 1. The highest BCUT2D eigenvalue weighted by Gasteiger charge is 2.52. The molecule has 0 unspecified atom stereocenters. The van der Waals surface area contributed by atoms with Gasteiger partial charge in [-0.1, -0.05) is 74.4 Å². The van der Waals surface area contributed by atoms with E-state index in [0.717, 1.165) is 19.3 Å². The second kappa shape index (κ2) is 12.9. The van der Waals surface area contributed by atoms with Gasteiger partial charge in [0.2, 0.25) is 0 Å². The molecule has 5 nitrogen and oxygen atoms in total. The first-order valence-corrected chi connectivity index (χ1v) is 12.9. The fraction of sp³-hybridized carbons (Fsp3) is 0.517. The van der Waals surface area contributed by atoms with Crippen molar-refractivity contribution in [3.8, 4) is 0 Å². The molecule has 1 heterocycles. The van der Waals surface area contributed by atoms with Gasteiger partial charge >= 0.3 is 11.9 Å². The minimum absolute atomic E-state index is 0.0398. The van der Waals surface area contributed by atoms with Gasteiger partial charge in [-0.25, -0.2) is 0 Å². The SMILES string of the molecule is C[C@@H](CCCc1ccc2ccccc2c1)[C@H](O)/C=C/[C@H]1CC(F)(F)C(=O)N1CCCCCCC(=O)O. The number of aliphatic hydroxyl groups is 1. The molecule has 196 valence electrons. The lowest BCUT2D eigenvalue weighted by Gasteiger charge is -2.22. The van der Waals surface area contributed by atoms with E-state index in [1.54, 1.807) is 12.2 Å². The zero-order valence-corrected chi connectivity index (χ0v) is 20.9. The number of hydrogen-bond donors (Lipinski definition) is 2. The van der Waals surface area contributed by atoms with Crippen molar-refractivity contribution in [1.29, 1.82) is 0 Å². The van der Waals surface area contributed by atoms with E-state index < -0.39 is 36.4 Å². The predicted molar refractivity (Wildman–Crippen MR) is 137 cm³/mol. The predicted octanol–water partition coefficient (Wildman–Crippen LogP) is 5.99. The monoisotopic (exact) mass is 501 g/mol. The van der Waals surface area contributed by atoms with Crippen molar-refractivity contribution < 1.29 is 28.6 Å². The molecule has 1 saturated heterocycles. The third-order valence-electron chi connectivity index (χ3n) is 7.03. The highest BCUT2D eigenvalue weighted by atomic mass is 19.3. The van der Waals surface area contributed by atoms with E-state index in [1.807, 2.05) is 19.1 Å². The Morgan fingerprint density at radius 1 is 1.11 bits per heavy atom. The van der Waals surface area contributed by atoms with Crippen LogP contribution in [-0.4, -0.2) is 51.6 Å². The number of halogens is 2. The first kappa shape index (κ1) is 27.8. The first-order valence-electron chi connectivity index (χ1n) is 12.9. The van der Waals surface area contributed by atoms with Gasteiger partial charge < -0.3 is 15.1 Å². The van der Waals surface area contributed by atoms with Gasteiger partial charge in [-0.05, 0) is 54.4 Å². The lowest BCUT2D eigenvalue weighted by atomic mass is 9.95. The number of benzene rings is 2. The number of alkyl halides is 2. The van der Waals surface area contributed by atoms with Crippen molar-refractivity contribution >= 4 is 22.6 Å². The van der Waals surface area contributed by atoms with Crippen molar-refractivity contribution in [2.45, 2.75) is 82.8 Å². The van der Waals surface area contributed by atoms with Crippen LogP contribution in [0.25, 0.3) is 10.8 Å². The zero-order chi connectivity index (χ0) is 26.1. The smallest absolute Gasteiger partial charge is 0.327 e. The Balaban J connectivity index is 1.46. The van der Waals surface area contributed by atoms with Crippen LogP contribution in [0.15, 0.2) is 54.6 Å². The second-order valence-electron chi connectivity index (χ2n) is 9.96. The summed E-state index contributed by atoms with van der Waals surface area (Å²) in [7, 11) is 0. The van der Waals surface area contributed by atoms with E-state index in [1.165, 1.54) is 21.2 Å². The molecule has 2 N–H and O–H groups in total. The van der Waals surface area contributed by atoms with E-state index in [4.69, 9.17) is 5.11 Å². The van der Waals surface area contributed by atoms with Crippen LogP contribution in [0.4, 0.5) is 8.78 Å². The Kier molecular flexibility index (Phi) is 9.99. The molecule has 0 aliphatic carbocycles. The Morgan fingerprint density at radius 2 is 1.83 bits per heavy atom. The number of likely N-dealkylation sites (tertiary alicyclic amines) is 1. The summed E-state index contributed by atoms with van der Waals surface area (Å²) in [6.45, 7) is 2.15. The van der Waals surface area contributed by atoms with E-state index >= 15 is 0 Å². The number of unbranched alkanes of at least 4 members (excludes halogenated alkanes) is 3. The van der Waals surface area contributed by atoms with Gasteiger partial charge in [0.1, 0.15) is 0 Å². The van der Waals surface area contributed by atoms with Gasteiger partial charge in [0.25, 0.3) is 5.91 Å². The molecule has 0 spiro atoms. The van der Waals surface area contributed by atoms with E-state index in [0.29, 0.717) is 25.7 Å². The van der Waals surface area contributed by atoms with Gasteiger partial charge in [0, 0.05) is 19.4 Å². The molecule has 3 atom stereocenters. The zero-order valence-electron chi connectivity index (χ0n) is 20.9. The fourth-order valence-corrected chi connectivity index (χ4v) is 4.80. The lowest BCUT2D eigenvalue weighted by Crippen LogP contribution is -2.36. The number of carbonyl (C=O) groups is 2. The van der Waals surface area contributed by atoms with Crippen LogP contribution in [-0.2, 0) is 16.0 Å². The van der Waals surface area contributed by atoms with Gasteiger partial charge in [0.15, 0.2) is 0 Å². The molecule has 0 aromatic heterocycles. The summed E-state index contributed by atoms with van der Waals surface area (Å²) >= 11 is 0. The van der Waals surface area contributed by atoms with E-state index in [9.17, 15) is 23.5 Å². The van der Waals surface area contributed by atoms with Crippen LogP contribution < -0.4 is 0 Å². The maximum absolute atomic E-state index is 14.1. The second-order valence-corrected chi connectivity index (χ2v) is 9.96. The highest BCUT2D eigenvalue weighted by molar-refractivity contribution is 5.86. The average Bonchev–Trinajstić information content (AvgIpc) is 3.07. The average molecular weight is 502 g/mol. The number of carboxylic acid groups (broad SMARTS) is 1. The Bertz CT molecular complexity index is 1050. The summed E-state index contributed by atoms with van der Waals surface area (Å²) < 4.78 is 28.2. The minimum Gasteiger partial charge on any atom is -0.481 e. The standard InChI is InChI=1S/C29H37F2NO4/c1-21(9-8-10-22-14-15-23-11-5-6-12-24(23)19-22)26(33)17-16-25-20-29(30,31)28(36)32(25)18-7-3-2-4-13-27(34)35/h5-6,11-12,14-17,19,21,25-26,33H,2-4,7-10,13,18,20H2,1H3,(H,34,35)/b17-16+/t21-,25-,26+/m0/s1. The number of carbonyl (C=O) groups excluding carboxylic acids is 1. The van der Waals surface area contributed by atoms with Crippen LogP contribution in [0.3, 0.4) is 0 Å². The Labute approximate surface area is 211 Å². The number of aryl methyl sites for hydroxylation is 1. The number of aliphatic carboxylic acids is 1. The molecule has 1 fully saturated rings. The third-order valence-corrected chi connectivity index (χ3v) is 7.03. The molecule has 1 aliphatic rings. The number of aliphatic hydroxyl groups excluding tert-OH is 1. The number of amides is 1. The lowest BCUT2D eigenvalue weighted by molar-refractivity contribution is -0.148. The molecule has 1 aliphatic heterocycles. The summed E-state index contributed by atoms with van der Waals surface area (Å²) in [6, 6.07) is 13.9. The summed E-state index contributed by atoms with van der Waals surface area (Å²) in [5.41, 5.74) is 1.25. The number of fused-ring (bicyclic) bond motifs is 1. The van der Waals surface area contributed by atoms with Crippen molar-refractivity contribution in [3.63, 3.8) is 0 Å². The van der Waals surface area contributed by atoms with Crippen molar-refractivity contribution in [2.24, 2.45) is 5.92 Å². The van der Waals surface area contributed by atoms with Crippen LogP contribution in [0.1, 0.15) is 63.9 Å². The molecule has 0 bridgehead atoms. The molecule has 1 amide bonds. The number of hydrogen-bond acceptors (Lipinski definition) is 3. The molecular formula is C29H37F2NO4. The summed E-state index contributed by atoms with van der Waals surface area (Å²) in [6.07, 6.45) is 6.86. The molecule has 0 radical (unpaired) electrons. The molecule has 0 saturated carbocycles. The summed E-state index contributed by atoms with van der Waals surface area (Å²) in [4.78, 5) is 24.0. The van der Waals surface area contributed by atoms with E-state index in [2.05, 4.69) is 30.3 Å². The largest absolute Gasteiger partial charge is 0.481 e. The minimum atomic E-state index is -3.39. The fourth-order valence-electron chi connectivity index (χ4n) is 4.80. The third kappa shape index (κ3) is 7.85. The first-order chi connectivity index (χ1) is 17.2. The molecular weight excluding hydrogens is 464 g/mol. The molecule has 2 aromatic carbocycles. The normalized spacial score (nSPS) is 19.3. The van der Waals surface area contributed by atoms with Gasteiger partial charge in [-0.15, -0.1) is 0 Å². The summed E-state index contributed by atoms with van der Waals surface area (Å²) in [5.74, 6) is -5.45. The van der Waals surface area contributed by atoms with Crippen LogP contribution in [0.5, 0.6) is 0 Å². The van der Waals surface area contributed by atoms with Gasteiger partial charge in [-0.3, -0.25) is 9.59 Å². The Hall–Kier alpha value is -2.80. The quantitative estimate of drug-likeness (QED) is 0.246. The van der Waals surface area contributed by atoms with Gasteiger partial charge in [-0.2, -0.15) is 8.78 Å².